The summed E-state index contributed by atoms with van der Waals surface area (Å²) in [7, 11) is 0. The quantitative estimate of drug-likeness (QED) is 0.140. The van der Waals surface area contributed by atoms with E-state index in [1.165, 1.54) is 0 Å². The average Bonchev–Trinajstić information content (AvgIpc) is 3.17. The SMILES string of the molecule is C=C(/C=C(\N=C(N)n1c2cc(N)ccc2c2ccc(N)cc21)c1ccccc1)c1ccccc1. The monoisotopic (exact) mass is 443 g/mol. The van der Waals surface area contributed by atoms with Crippen molar-refractivity contribution in [2.45, 2.75) is 0 Å². The molecule has 0 amide bonds. The lowest BCUT2D eigenvalue weighted by Crippen LogP contribution is -2.22. The van der Waals surface area contributed by atoms with Crippen LogP contribution in [0.2, 0.25) is 0 Å². The summed E-state index contributed by atoms with van der Waals surface area (Å²) in [5.41, 5.74) is 25.5. The molecular weight excluding hydrogens is 418 g/mol. The van der Waals surface area contributed by atoms with Crippen molar-refractivity contribution < 1.29 is 0 Å². The Labute approximate surface area is 198 Å². The number of nitrogen functional groups attached to an aromatic ring is 2. The van der Waals surface area contributed by atoms with Crippen LogP contribution < -0.4 is 17.2 Å². The molecule has 0 saturated carbocycles. The summed E-state index contributed by atoms with van der Waals surface area (Å²) in [5, 5.41) is 2.06. The summed E-state index contributed by atoms with van der Waals surface area (Å²) in [6.45, 7) is 4.26. The number of allylic oxidation sites excluding steroid dienone is 2. The van der Waals surface area contributed by atoms with Crippen molar-refractivity contribution in [3.8, 4) is 0 Å². The molecule has 166 valence electrons. The summed E-state index contributed by atoms with van der Waals surface area (Å²) in [5.74, 6) is 0.312. The molecule has 34 heavy (non-hydrogen) atoms. The topological polar surface area (TPSA) is 95.3 Å². The van der Waals surface area contributed by atoms with Gasteiger partial charge < -0.3 is 17.2 Å². The minimum absolute atomic E-state index is 0.312. The van der Waals surface area contributed by atoms with Gasteiger partial charge in [0.25, 0.3) is 0 Å². The molecule has 1 aromatic heterocycles. The zero-order chi connectivity index (χ0) is 23.7. The second-order valence-electron chi connectivity index (χ2n) is 8.15. The molecule has 5 rings (SSSR count). The molecular formula is C29H25N5. The van der Waals surface area contributed by atoms with Crippen molar-refractivity contribution in [1.82, 2.24) is 4.57 Å². The first-order valence-electron chi connectivity index (χ1n) is 11.0. The van der Waals surface area contributed by atoms with Gasteiger partial charge in [-0.25, -0.2) is 4.99 Å². The molecule has 0 saturated heterocycles. The molecule has 4 aromatic carbocycles. The van der Waals surface area contributed by atoms with Crippen LogP contribution in [0.5, 0.6) is 0 Å². The molecule has 0 atom stereocenters. The third-order valence-electron chi connectivity index (χ3n) is 5.80. The second kappa shape index (κ2) is 8.64. The molecule has 0 aliphatic rings. The fourth-order valence-corrected chi connectivity index (χ4v) is 4.16. The molecule has 0 radical (unpaired) electrons. The maximum Gasteiger partial charge on any atom is 0.205 e. The van der Waals surface area contributed by atoms with E-state index in [4.69, 9.17) is 22.2 Å². The van der Waals surface area contributed by atoms with E-state index in [2.05, 4.69) is 6.58 Å². The van der Waals surface area contributed by atoms with Gasteiger partial charge in [-0.05, 0) is 41.5 Å². The third kappa shape index (κ3) is 3.91. The van der Waals surface area contributed by atoms with E-state index < -0.39 is 0 Å². The van der Waals surface area contributed by atoms with Crippen LogP contribution in [-0.2, 0) is 0 Å². The number of nitrogens with two attached hydrogens (primary N) is 3. The highest BCUT2D eigenvalue weighted by atomic mass is 15.2. The minimum Gasteiger partial charge on any atom is -0.399 e. The van der Waals surface area contributed by atoms with Gasteiger partial charge >= 0.3 is 0 Å². The minimum atomic E-state index is 0.312. The van der Waals surface area contributed by atoms with Gasteiger partial charge in [-0.2, -0.15) is 0 Å². The number of fused-ring (bicyclic) bond motifs is 3. The Hall–Kier alpha value is -4.77. The number of aromatic nitrogens is 1. The van der Waals surface area contributed by atoms with Crippen LogP contribution >= 0.6 is 0 Å². The lowest BCUT2D eigenvalue weighted by Gasteiger charge is -2.10. The number of anilines is 2. The number of hydrogen-bond acceptors (Lipinski definition) is 3. The summed E-state index contributed by atoms with van der Waals surface area (Å²) in [6.07, 6.45) is 1.95. The Morgan fingerprint density at radius 1 is 0.706 bits per heavy atom. The van der Waals surface area contributed by atoms with Crippen molar-refractivity contribution in [2.75, 3.05) is 11.5 Å². The van der Waals surface area contributed by atoms with Crippen molar-refractivity contribution >= 4 is 50.4 Å². The zero-order valence-electron chi connectivity index (χ0n) is 18.6. The first kappa shape index (κ1) is 21.1. The lowest BCUT2D eigenvalue weighted by atomic mass is 10.0. The fraction of sp³-hybridized carbons (Fsp3) is 0. The molecule has 0 spiro atoms. The second-order valence-corrected chi connectivity index (χ2v) is 8.15. The summed E-state index contributed by atoms with van der Waals surface area (Å²) >= 11 is 0. The largest absolute Gasteiger partial charge is 0.399 e. The van der Waals surface area contributed by atoms with Gasteiger partial charge in [0.05, 0.1) is 16.7 Å². The van der Waals surface area contributed by atoms with E-state index >= 15 is 0 Å². The third-order valence-corrected chi connectivity index (χ3v) is 5.80. The van der Waals surface area contributed by atoms with E-state index in [0.29, 0.717) is 23.0 Å². The van der Waals surface area contributed by atoms with Crippen LogP contribution in [-0.4, -0.2) is 10.5 Å². The molecule has 0 fully saturated rings. The maximum atomic E-state index is 6.69. The predicted molar refractivity (Wildman–Crippen MR) is 145 cm³/mol. The van der Waals surface area contributed by atoms with E-state index in [0.717, 1.165) is 38.5 Å². The smallest absolute Gasteiger partial charge is 0.205 e. The van der Waals surface area contributed by atoms with E-state index in [9.17, 15) is 0 Å². The standard InChI is InChI=1S/C29H25N5/c1-19(20-8-4-2-5-9-20)16-26(21-10-6-3-7-11-21)33-29(32)34-27-17-22(30)12-14-24(27)25-15-13-23(31)18-28(25)34/h2-18H,1,30-31H2,(H2,32,33)/b26-16-. The Balaban J connectivity index is 1.72. The Morgan fingerprint density at radius 3 is 1.74 bits per heavy atom. The van der Waals surface area contributed by atoms with Gasteiger partial charge in [-0.3, -0.25) is 4.57 Å². The van der Waals surface area contributed by atoms with Crippen LogP contribution in [0.15, 0.2) is 115 Å². The number of aliphatic imine (C=N–C) groups is 1. The molecule has 5 nitrogen and oxygen atoms in total. The molecule has 5 heteroatoms. The molecule has 0 unspecified atom stereocenters. The first-order valence-corrected chi connectivity index (χ1v) is 11.0. The Morgan fingerprint density at radius 2 is 1.21 bits per heavy atom. The molecule has 0 aliphatic carbocycles. The highest BCUT2D eigenvalue weighted by Gasteiger charge is 2.15. The number of benzene rings is 4. The number of nitrogens with zero attached hydrogens (tertiary/aromatic N) is 2. The Bertz CT molecular complexity index is 1520. The van der Waals surface area contributed by atoms with Crippen molar-refractivity contribution in [3.63, 3.8) is 0 Å². The van der Waals surface area contributed by atoms with Gasteiger partial charge in [-0.1, -0.05) is 79.4 Å². The molecule has 5 aromatic rings. The van der Waals surface area contributed by atoms with E-state index in [1.54, 1.807) is 0 Å². The van der Waals surface area contributed by atoms with Crippen molar-refractivity contribution in [1.29, 1.82) is 0 Å². The van der Waals surface area contributed by atoms with E-state index in [1.807, 2.05) is 108 Å². The highest BCUT2D eigenvalue weighted by Crippen LogP contribution is 2.32. The summed E-state index contributed by atoms with van der Waals surface area (Å²) in [4.78, 5) is 4.89. The molecule has 1 heterocycles. The number of rotatable bonds is 4. The van der Waals surface area contributed by atoms with Crippen LogP contribution in [0.3, 0.4) is 0 Å². The highest BCUT2D eigenvalue weighted by molar-refractivity contribution is 6.15. The molecule has 0 bridgehead atoms. The molecule has 0 aliphatic heterocycles. The first-order chi connectivity index (χ1) is 16.5. The van der Waals surface area contributed by atoms with Crippen LogP contribution in [0.1, 0.15) is 11.1 Å². The molecule has 6 N–H and O–H groups in total. The average molecular weight is 444 g/mol. The van der Waals surface area contributed by atoms with Crippen LogP contribution in [0.4, 0.5) is 11.4 Å². The van der Waals surface area contributed by atoms with Gasteiger partial charge in [0.2, 0.25) is 5.96 Å². The lowest BCUT2D eigenvalue weighted by molar-refractivity contribution is 1.22. The summed E-state index contributed by atoms with van der Waals surface area (Å²) in [6, 6.07) is 31.5. The normalized spacial score (nSPS) is 12.4. The van der Waals surface area contributed by atoms with Gasteiger partial charge in [0.1, 0.15) is 0 Å². The summed E-state index contributed by atoms with van der Waals surface area (Å²) < 4.78 is 1.90. The zero-order valence-corrected chi connectivity index (χ0v) is 18.6. The number of hydrogen-bond donors (Lipinski definition) is 3. The van der Waals surface area contributed by atoms with Crippen molar-refractivity contribution in [3.05, 3.63) is 121 Å². The van der Waals surface area contributed by atoms with Gasteiger partial charge in [-0.15, -0.1) is 0 Å². The van der Waals surface area contributed by atoms with E-state index in [-0.39, 0.29) is 0 Å². The van der Waals surface area contributed by atoms with Crippen LogP contribution in [0.25, 0.3) is 33.1 Å². The van der Waals surface area contributed by atoms with Crippen molar-refractivity contribution in [2.24, 2.45) is 10.7 Å². The van der Waals surface area contributed by atoms with Gasteiger partial charge in [0, 0.05) is 27.7 Å². The maximum absolute atomic E-state index is 6.69. The van der Waals surface area contributed by atoms with Gasteiger partial charge in [0.15, 0.2) is 0 Å². The van der Waals surface area contributed by atoms with Crippen LogP contribution in [0, 0.1) is 0 Å². The fourth-order valence-electron chi connectivity index (χ4n) is 4.16. The Kier molecular flexibility index (Phi) is 5.36. The predicted octanol–water partition coefficient (Wildman–Crippen LogP) is 5.88.